The third kappa shape index (κ3) is 9.44. The van der Waals surface area contributed by atoms with Gasteiger partial charge in [0.2, 0.25) is 18.1 Å². The van der Waals surface area contributed by atoms with E-state index in [1.54, 1.807) is 0 Å². The van der Waals surface area contributed by atoms with Crippen LogP contribution in [-0.2, 0) is 25.3 Å². The summed E-state index contributed by atoms with van der Waals surface area (Å²) >= 11 is 0. The van der Waals surface area contributed by atoms with Crippen molar-refractivity contribution in [3.05, 3.63) is 58.7 Å². The Hall–Kier alpha value is -1.26. The van der Waals surface area contributed by atoms with E-state index in [4.69, 9.17) is 18.1 Å². The average molecular weight is 567 g/mol. The molecule has 214 valence electrons. The highest BCUT2D eigenvalue weighted by Gasteiger charge is 2.31. The minimum atomic E-state index is -0.962. The first-order valence-corrected chi connectivity index (χ1v) is 14.7. The molecule has 0 saturated heterocycles. The molecule has 0 bridgehead atoms. The maximum absolute atomic E-state index is 10.1. The SMILES string of the molecule is Cc1ccc(OPOCC(CO)(CO)COPOc2ccc(C(C)(C)C)cc2C(C)(C)C)c(C(C)(C)C)c1. The largest absolute Gasteiger partial charge is 0.449 e. The van der Waals surface area contributed by atoms with Gasteiger partial charge in [-0.25, -0.2) is 0 Å². The monoisotopic (exact) mass is 566 g/mol. The molecule has 6 nitrogen and oxygen atoms in total. The van der Waals surface area contributed by atoms with Crippen LogP contribution in [0.1, 0.15) is 84.6 Å². The van der Waals surface area contributed by atoms with Crippen molar-refractivity contribution in [1.82, 2.24) is 0 Å². The molecule has 0 spiro atoms. The Morgan fingerprint density at radius 1 is 0.632 bits per heavy atom. The highest BCUT2D eigenvalue weighted by atomic mass is 31.1. The number of hydrogen-bond acceptors (Lipinski definition) is 6. The van der Waals surface area contributed by atoms with Crippen LogP contribution < -0.4 is 9.05 Å². The van der Waals surface area contributed by atoms with E-state index < -0.39 is 5.41 Å². The second-order valence-electron chi connectivity index (χ2n) is 13.2. The molecule has 38 heavy (non-hydrogen) atoms. The van der Waals surface area contributed by atoms with Gasteiger partial charge in [0.25, 0.3) is 0 Å². The fraction of sp³-hybridized carbons (Fsp3) is 0.600. The highest BCUT2D eigenvalue weighted by Crippen LogP contribution is 2.39. The van der Waals surface area contributed by atoms with Gasteiger partial charge < -0.3 is 28.3 Å². The second kappa shape index (κ2) is 13.4. The Kier molecular flexibility index (Phi) is 11.6. The van der Waals surface area contributed by atoms with Crippen molar-refractivity contribution in [2.24, 2.45) is 5.41 Å². The van der Waals surface area contributed by atoms with Gasteiger partial charge in [-0.1, -0.05) is 92.1 Å². The van der Waals surface area contributed by atoms with Gasteiger partial charge in [0.1, 0.15) is 11.5 Å². The second-order valence-corrected chi connectivity index (χ2v) is 14.5. The van der Waals surface area contributed by atoms with E-state index in [0.717, 1.165) is 22.6 Å². The van der Waals surface area contributed by atoms with E-state index in [1.807, 2.05) is 18.2 Å². The molecule has 8 heteroatoms. The van der Waals surface area contributed by atoms with Gasteiger partial charge in [-0.05, 0) is 40.9 Å². The normalized spacial score (nSPS) is 13.7. The quantitative estimate of drug-likeness (QED) is 0.206. The molecule has 2 unspecified atom stereocenters. The van der Waals surface area contributed by atoms with Gasteiger partial charge >= 0.3 is 0 Å². The maximum Gasteiger partial charge on any atom is 0.215 e. The van der Waals surface area contributed by atoms with Gasteiger partial charge in [-0.2, -0.15) is 0 Å². The first kappa shape index (κ1) is 32.9. The molecular formula is C30H48O6P2. The molecule has 2 aromatic rings. The Balaban J connectivity index is 1.96. The predicted molar refractivity (Wildman–Crippen MR) is 160 cm³/mol. The van der Waals surface area contributed by atoms with Crippen molar-refractivity contribution in [2.45, 2.75) is 85.5 Å². The molecule has 2 atom stereocenters. The van der Waals surface area contributed by atoms with Crippen molar-refractivity contribution in [1.29, 1.82) is 0 Å². The van der Waals surface area contributed by atoms with Crippen LogP contribution in [0.3, 0.4) is 0 Å². The number of hydrogen-bond donors (Lipinski definition) is 2. The molecular weight excluding hydrogens is 518 g/mol. The Morgan fingerprint density at radius 2 is 1.08 bits per heavy atom. The van der Waals surface area contributed by atoms with Gasteiger partial charge in [-0.3, -0.25) is 0 Å². The summed E-state index contributed by atoms with van der Waals surface area (Å²) in [4.78, 5) is 0. The molecule has 0 aliphatic rings. The molecule has 0 fully saturated rings. The first-order chi connectivity index (χ1) is 17.5. The summed E-state index contributed by atoms with van der Waals surface area (Å²) in [6, 6.07) is 12.4. The summed E-state index contributed by atoms with van der Waals surface area (Å²) in [7, 11) is -0.562. The van der Waals surface area contributed by atoms with Crippen LogP contribution in [0.5, 0.6) is 11.5 Å². The summed E-state index contributed by atoms with van der Waals surface area (Å²) in [5.74, 6) is 1.56. The topological polar surface area (TPSA) is 77.4 Å². The lowest BCUT2D eigenvalue weighted by atomic mass is 9.80. The van der Waals surface area contributed by atoms with Crippen molar-refractivity contribution >= 4 is 18.1 Å². The van der Waals surface area contributed by atoms with Crippen LogP contribution in [0.15, 0.2) is 36.4 Å². The molecule has 2 rings (SSSR count). The van der Waals surface area contributed by atoms with Crippen LogP contribution in [0.2, 0.25) is 0 Å². The summed E-state index contributed by atoms with van der Waals surface area (Å²) in [6.07, 6.45) is 0. The third-order valence-corrected chi connectivity index (χ3v) is 7.58. The van der Waals surface area contributed by atoms with Gasteiger partial charge in [0, 0.05) is 11.1 Å². The summed E-state index contributed by atoms with van der Waals surface area (Å²) in [5, 5.41) is 20.1. The van der Waals surface area contributed by atoms with E-state index in [2.05, 4.69) is 87.4 Å². The van der Waals surface area contributed by atoms with Crippen molar-refractivity contribution in [3.8, 4) is 11.5 Å². The fourth-order valence-corrected chi connectivity index (χ4v) is 5.16. The zero-order valence-electron chi connectivity index (χ0n) is 24.8. The summed E-state index contributed by atoms with van der Waals surface area (Å²) in [5.41, 5.74) is 3.55. The lowest BCUT2D eigenvalue weighted by Gasteiger charge is -2.29. The number of aliphatic hydroxyl groups is 2. The summed E-state index contributed by atoms with van der Waals surface area (Å²) in [6.45, 7) is 21.2. The predicted octanol–water partition coefficient (Wildman–Crippen LogP) is 7.37. The molecule has 0 heterocycles. The van der Waals surface area contributed by atoms with Crippen molar-refractivity contribution in [3.63, 3.8) is 0 Å². The van der Waals surface area contributed by atoms with Crippen LogP contribution in [0, 0.1) is 12.3 Å². The van der Waals surface area contributed by atoms with Gasteiger partial charge in [0.15, 0.2) is 0 Å². The Bertz CT molecular complexity index is 1030. The van der Waals surface area contributed by atoms with Crippen LogP contribution in [-0.4, -0.2) is 36.6 Å². The van der Waals surface area contributed by atoms with E-state index in [-0.39, 0.29) is 60.7 Å². The summed E-state index contributed by atoms with van der Waals surface area (Å²) < 4.78 is 23.6. The number of aliphatic hydroxyl groups excluding tert-OH is 2. The molecule has 0 amide bonds. The minimum absolute atomic E-state index is 0.0390. The highest BCUT2D eigenvalue weighted by molar-refractivity contribution is 7.27. The minimum Gasteiger partial charge on any atom is -0.449 e. The smallest absolute Gasteiger partial charge is 0.215 e. The maximum atomic E-state index is 10.1. The third-order valence-electron chi connectivity index (χ3n) is 6.45. The van der Waals surface area contributed by atoms with E-state index in [0.29, 0.717) is 0 Å². The van der Waals surface area contributed by atoms with Crippen molar-refractivity contribution in [2.75, 3.05) is 26.4 Å². The molecule has 2 aromatic carbocycles. The Labute approximate surface area is 233 Å². The fourth-order valence-electron chi connectivity index (χ4n) is 3.78. The number of aryl methyl sites for hydroxylation is 1. The molecule has 0 aliphatic carbocycles. The zero-order valence-corrected chi connectivity index (χ0v) is 26.8. The standard InChI is InChI=1S/C30H48O6P2/c1-21-11-13-25(23(15-21)28(5,6)7)35-37-33-19-30(17-31,18-32)20-34-38-36-26-14-12-22(27(2,3)4)16-24(26)29(8,9)10/h11-16,31-32,37-38H,17-20H2,1-10H3. The molecule has 0 radical (unpaired) electrons. The van der Waals surface area contributed by atoms with Crippen LogP contribution in [0.4, 0.5) is 0 Å². The van der Waals surface area contributed by atoms with Gasteiger partial charge in [-0.15, -0.1) is 0 Å². The first-order valence-electron chi connectivity index (χ1n) is 13.1. The molecule has 0 aromatic heterocycles. The van der Waals surface area contributed by atoms with E-state index in [1.165, 1.54) is 11.1 Å². The average Bonchev–Trinajstić information content (AvgIpc) is 2.82. The molecule has 2 N–H and O–H groups in total. The van der Waals surface area contributed by atoms with Crippen LogP contribution in [0.25, 0.3) is 0 Å². The molecule has 0 saturated carbocycles. The number of rotatable bonds is 12. The van der Waals surface area contributed by atoms with Crippen molar-refractivity contribution < 1.29 is 28.3 Å². The van der Waals surface area contributed by atoms with Crippen LogP contribution >= 0.6 is 18.1 Å². The lowest BCUT2D eigenvalue weighted by molar-refractivity contribution is -0.0146. The van der Waals surface area contributed by atoms with E-state index >= 15 is 0 Å². The van der Waals surface area contributed by atoms with Gasteiger partial charge in [0.05, 0.1) is 31.8 Å². The zero-order chi connectivity index (χ0) is 28.8. The Morgan fingerprint density at radius 3 is 1.50 bits per heavy atom. The lowest BCUT2D eigenvalue weighted by Crippen LogP contribution is -2.38. The van der Waals surface area contributed by atoms with E-state index in [9.17, 15) is 10.2 Å². The number of benzene rings is 2. The molecule has 0 aliphatic heterocycles.